The monoisotopic (exact) mass is 487 g/mol. The first-order valence-corrected chi connectivity index (χ1v) is 11.6. The molecule has 1 aliphatic carbocycles. The molecule has 5 rings (SSSR count). The quantitative estimate of drug-likeness (QED) is 0.527. The van der Waals surface area contributed by atoms with E-state index in [-0.39, 0.29) is 5.56 Å². The normalized spacial score (nSPS) is 25.2. The molecule has 0 unspecified atom stereocenters. The minimum absolute atomic E-state index is 0.287. The molecule has 1 fully saturated rings. The molecule has 1 heterocycles. The van der Waals surface area contributed by atoms with Gasteiger partial charge in [0, 0.05) is 43.6 Å². The zero-order valence-corrected chi connectivity index (χ0v) is 20.9. The van der Waals surface area contributed by atoms with Crippen LogP contribution in [0.25, 0.3) is 0 Å². The van der Waals surface area contributed by atoms with Crippen LogP contribution >= 0.6 is 0 Å². The third kappa shape index (κ3) is 3.12. The Labute approximate surface area is 210 Å². The molecule has 0 radical (unpaired) electrons. The van der Waals surface area contributed by atoms with Gasteiger partial charge >= 0.3 is 0 Å². The molecule has 0 aromatic heterocycles. The number of methoxy groups -OCH3 is 3. The third-order valence-corrected chi connectivity index (χ3v) is 7.02. The number of ether oxygens (including phenoxy) is 4. The van der Waals surface area contributed by atoms with Gasteiger partial charge in [-0.15, -0.1) is 0 Å². The largest absolute Gasteiger partial charge is 0.497 e. The number of rotatable bonds is 6. The predicted octanol–water partition coefficient (Wildman–Crippen LogP) is 4.00. The van der Waals surface area contributed by atoms with Crippen LogP contribution in [0, 0.1) is 0 Å². The average Bonchev–Trinajstić information content (AvgIpc) is 3.26. The summed E-state index contributed by atoms with van der Waals surface area (Å²) in [5.41, 5.74) is -1.39. The Hall–Kier alpha value is -3.97. The molecule has 7 nitrogen and oxygen atoms in total. The fourth-order valence-electron chi connectivity index (χ4n) is 5.57. The molecule has 0 spiro atoms. The lowest BCUT2D eigenvalue weighted by Crippen LogP contribution is -2.50. The van der Waals surface area contributed by atoms with E-state index in [9.17, 15) is 9.90 Å². The Morgan fingerprint density at radius 3 is 2.17 bits per heavy atom. The van der Waals surface area contributed by atoms with Gasteiger partial charge in [-0.1, -0.05) is 42.5 Å². The average molecular weight is 488 g/mol. The van der Waals surface area contributed by atoms with Crippen LogP contribution in [0.5, 0.6) is 23.0 Å². The van der Waals surface area contributed by atoms with E-state index in [1.807, 2.05) is 61.5 Å². The van der Waals surface area contributed by atoms with E-state index in [1.54, 1.807) is 44.7 Å². The van der Waals surface area contributed by atoms with E-state index in [0.29, 0.717) is 34.1 Å². The summed E-state index contributed by atoms with van der Waals surface area (Å²) in [6.07, 6.45) is 1.76. The van der Waals surface area contributed by atoms with Crippen LogP contribution in [-0.4, -0.2) is 51.2 Å². The molecule has 186 valence electrons. The van der Waals surface area contributed by atoms with Crippen molar-refractivity contribution in [3.8, 4) is 23.0 Å². The zero-order chi connectivity index (χ0) is 25.7. The van der Waals surface area contributed by atoms with Crippen LogP contribution < -0.4 is 18.9 Å². The molecular weight excluding hydrogens is 458 g/mol. The molecule has 7 heteroatoms. The van der Waals surface area contributed by atoms with Gasteiger partial charge in [0.2, 0.25) is 11.4 Å². The van der Waals surface area contributed by atoms with Gasteiger partial charge in [-0.25, -0.2) is 0 Å². The van der Waals surface area contributed by atoms with Gasteiger partial charge in [0.1, 0.15) is 23.0 Å². The van der Waals surface area contributed by atoms with Gasteiger partial charge in [-0.2, -0.15) is 0 Å². The maximum absolute atomic E-state index is 14.4. The number of carbonyl (C=O) groups excluding carboxylic acids is 1. The molecule has 0 amide bonds. The first-order chi connectivity index (χ1) is 17.3. The second-order valence-corrected chi connectivity index (χ2v) is 9.20. The minimum atomic E-state index is -2.07. The Kier molecular flexibility index (Phi) is 5.68. The van der Waals surface area contributed by atoms with Gasteiger partial charge in [0.05, 0.1) is 32.8 Å². The van der Waals surface area contributed by atoms with Crippen molar-refractivity contribution in [3.05, 3.63) is 95.2 Å². The number of fused-ring (bicyclic) bond motifs is 3. The lowest BCUT2D eigenvalue weighted by Gasteiger charge is -2.39. The maximum Gasteiger partial charge on any atom is 0.204 e. The standard InChI is InChI=1S/C29H29NO6/c1-30(2)17-22-25(18-9-7-6-8-10-18)29(19-11-13-20(33-3)14-12-19)28(32,27(22)31)26-23(35-5)15-21(34-4)16-24(26)36-29/h6-17,25,32H,1-5H3/b22-17-/t25-,28+,29+/m1/s1. The molecule has 3 atom stereocenters. The van der Waals surface area contributed by atoms with E-state index >= 15 is 0 Å². The highest BCUT2D eigenvalue weighted by Crippen LogP contribution is 2.68. The van der Waals surface area contributed by atoms with Crippen LogP contribution in [0.4, 0.5) is 0 Å². The molecule has 1 saturated carbocycles. The summed E-state index contributed by atoms with van der Waals surface area (Å²) >= 11 is 0. The summed E-state index contributed by atoms with van der Waals surface area (Å²) in [6.45, 7) is 0. The van der Waals surface area contributed by atoms with Crippen molar-refractivity contribution in [1.29, 1.82) is 0 Å². The molecule has 2 aliphatic rings. The topological polar surface area (TPSA) is 77.5 Å². The van der Waals surface area contributed by atoms with E-state index in [1.165, 1.54) is 7.11 Å². The molecule has 36 heavy (non-hydrogen) atoms. The number of nitrogens with zero attached hydrogens (tertiary/aromatic N) is 1. The van der Waals surface area contributed by atoms with Crippen molar-refractivity contribution in [3.63, 3.8) is 0 Å². The molecule has 0 bridgehead atoms. The van der Waals surface area contributed by atoms with Gasteiger partial charge < -0.3 is 29.0 Å². The number of aliphatic hydroxyl groups is 1. The lowest BCUT2D eigenvalue weighted by molar-refractivity contribution is -0.150. The highest BCUT2D eigenvalue weighted by Gasteiger charge is 2.76. The van der Waals surface area contributed by atoms with E-state index in [4.69, 9.17) is 18.9 Å². The van der Waals surface area contributed by atoms with Crippen molar-refractivity contribution in [1.82, 2.24) is 4.90 Å². The molecule has 1 aliphatic heterocycles. The number of carbonyl (C=O) groups is 1. The van der Waals surface area contributed by atoms with Crippen molar-refractivity contribution >= 4 is 5.78 Å². The number of hydrogen-bond acceptors (Lipinski definition) is 7. The first kappa shape index (κ1) is 23.8. The van der Waals surface area contributed by atoms with Crippen LogP contribution in [0.1, 0.15) is 22.6 Å². The van der Waals surface area contributed by atoms with Crippen LogP contribution in [0.2, 0.25) is 0 Å². The van der Waals surface area contributed by atoms with E-state index in [2.05, 4.69) is 0 Å². The lowest BCUT2D eigenvalue weighted by atomic mass is 9.71. The summed E-state index contributed by atoms with van der Waals surface area (Å²) in [7, 11) is 8.32. The molecule has 1 N–H and O–H groups in total. The zero-order valence-electron chi connectivity index (χ0n) is 20.9. The summed E-state index contributed by atoms with van der Waals surface area (Å²) in [6, 6.07) is 20.2. The third-order valence-electron chi connectivity index (χ3n) is 7.02. The molecule has 0 saturated heterocycles. The highest BCUT2D eigenvalue weighted by molar-refractivity contribution is 6.10. The summed E-state index contributed by atoms with van der Waals surface area (Å²) in [4.78, 5) is 16.2. The second kappa shape index (κ2) is 8.60. The van der Waals surface area contributed by atoms with E-state index in [0.717, 1.165) is 5.56 Å². The van der Waals surface area contributed by atoms with Gasteiger partial charge in [-0.3, -0.25) is 4.79 Å². The van der Waals surface area contributed by atoms with Crippen molar-refractivity contribution < 1.29 is 28.8 Å². The van der Waals surface area contributed by atoms with Gasteiger partial charge in [0.25, 0.3) is 0 Å². The fourth-order valence-corrected chi connectivity index (χ4v) is 5.57. The van der Waals surface area contributed by atoms with Crippen molar-refractivity contribution in [2.75, 3.05) is 35.4 Å². The smallest absolute Gasteiger partial charge is 0.204 e. The van der Waals surface area contributed by atoms with Gasteiger partial charge in [-0.05, 0) is 17.7 Å². The van der Waals surface area contributed by atoms with E-state index < -0.39 is 22.9 Å². The summed E-state index contributed by atoms with van der Waals surface area (Å²) < 4.78 is 23.3. The Balaban J connectivity index is 1.90. The molecule has 3 aromatic carbocycles. The predicted molar refractivity (Wildman–Crippen MR) is 135 cm³/mol. The van der Waals surface area contributed by atoms with Crippen LogP contribution in [-0.2, 0) is 16.0 Å². The molecular formula is C29H29NO6. The SMILES string of the molecule is COc1ccc([C@@]23Oc4cc(OC)cc(OC)c4[C@]2(O)C(=O)/C(=C\N(C)C)[C@H]3c2ccccc2)cc1. The Morgan fingerprint density at radius 2 is 1.58 bits per heavy atom. The summed E-state index contributed by atoms with van der Waals surface area (Å²) in [5, 5.41) is 12.7. The second-order valence-electron chi connectivity index (χ2n) is 9.20. The van der Waals surface area contributed by atoms with Crippen molar-refractivity contribution in [2.45, 2.75) is 17.1 Å². The fraction of sp³-hybridized carbons (Fsp3) is 0.276. The Bertz CT molecular complexity index is 1330. The van der Waals surface area contributed by atoms with Crippen LogP contribution in [0.15, 0.2) is 78.5 Å². The number of benzene rings is 3. The maximum atomic E-state index is 14.4. The van der Waals surface area contributed by atoms with Gasteiger partial charge in [0.15, 0.2) is 5.60 Å². The van der Waals surface area contributed by atoms with Crippen molar-refractivity contribution in [2.24, 2.45) is 0 Å². The van der Waals surface area contributed by atoms with Crippen LogP contribution in [0.3, 0.4) is 0 Å². The number of hydrogen-bond donors (Lipinski definition) is 1. The number of Topliss-reactive ketones (excluding diaryl/α,β-unsaturated/α-hetero) is 1. The minimum Gasteiger partial charge on any atom is -0.497 e. The molecule has 3 aromatic rings. The number of ketones is 1. The summed E-state index contributed by atoms with van der Waals surface area (Å²) in [5.74, 6) is 0.722. The first-order valence-electron chi connectivity index (χ1n) is 11.6. The highest BCUT2D eigenvalue weighted by atomic mass is 16.5. The Morgan fingerprint density at radius 1 is 0.917 bits per heavy atom.